The minimum absolute atomic E-state index is 0.327. The van der Waals surface area contributed by atoms with Crippen LogP contribution in [0, 0.1) is 11.8 Å². The Hall–Kier alpha value is -0.860. The lowest BCUT2D eigenvalue weighted by atomic mass is 9.66. The fraction of sp³-hybridized carbons (Fsp3) is 0.500. The van der Waals surface area contributed by atoms with E-state index in [9.17, 15) is 0 Å². The van der Waals surface area contributed by atoms with Crippen molar-refractivity contribution in [3.63, 3.8) is 0 Å². The van der Waals surface area contributed by atoms with Crippen molar-refractivity contribution in [3.05, 3.63) is 57.1 Å². The van der Waals surface area contributed by atoms with Gasteiger partial charge in [-0.2, -0.15) is 0 Å². The van der Waals surface area contributed by atoms with Crippen molar-refractivity contribution in [2.75, 3.05) is 0 Å². The summed E-state index contributed by atoms with van der Waals surface area (Å²) < 4.78 is 7.53. The van der Waals surface area contributed by atoms with Crippen LogP contribution in [0.4, 0.5) is 0 Å². The number of ether oxygens (including phenoxy) is 1. The van der Waals surface area contributed by atoms with E-state index in [4.69, 9.17) is 4.74 Å². The highest BCUT2D eigenvalue weighted by Crippen LogP contribution is 2.53. The summed E-state index contributed by atoms with van der Waals surface area (Å²) in [6, 6.07) is 6.75. The molecule has 0 radical (unpaired) electrons. The van der Waals surface area contributed by atoms with E-state index < -0.39 is 0 Å². The van der Waals surface area contributed by atoms with Crippen LogP contribution in [0.2, 0.25) is 0 Å². The first-order chi connectivity index (χ1) is 10.7. The van der Waals surface area contributed by atoms with Gasteiger partial charge >= 0.3 is 0 Å². The number of halogens is 1. The van der Waals surface area contributed by atoms with Crippen LogP contribution >= 0.6 is 15.9 Å². The van der Waals surface area contributed by atoms with Gasteiger partial charge in [-0.25, -0.2) is 0 Å². The van der Waals surface area contributed by atoms with Gasteiger partial charge in [0.25, 0.3) is 0 Å². The fourth-order valence-electron chi connectivity index (χ4n) is 4.42. The molecule has 3 aliphatic rings. The molecule has 118 valence electrons. The molecule has 1 aromatic rings. The molecule has 2 heterocycles. The maximum Gasteiger partial charge on any atom is 0.0868 e. The molecule has 4 unspecified atom stereocenters. The molecular weight excluding hydrogens is 336 g/mol. The zero-order valence-corrected chi connectivity index (χ0v) is 15.5. The number of rotatable bonds is 0. The molecule has 4 atom stereocenters. The first kappa shape index (κ1) is 16.0. The number of benzene rings is 1. The third-order valence-electron chi connectivity index (χ3n) is 5.27. The number of hydrogen-bond acceptors (Lipinski definition) is 1. The molecule has 1 nitrogen and oxygen atoms in total. The summed E-state index contributed by atoms with van der Waals surface area (Å²) >= 11 is 3.60. The van der Waals surface area contributed by atoms with Gasteiger partial charge in [-0.1, -0.05) is 48.0 Å². The predicted octanol–water partition coefficient (Wildman–Crippen LogP) is 5.48. The van der Waals surface area contributed by atoms with Crippen molar-refractivity contribution < 1.29 is 4.74 Å². The Morgan fingerprint density at radius 1 is 0.955 bits per heavy atom. The van der Waals surface area contributed by atoms with E-state index in [-0.39, 0.29) is 0 Å². The Morgan fingerprint density at radius 3 is 2.05 bits per heavy atom. The topological polar surface area (TPSA) is 9.23 Å². The van der Waals surface area contributed by atoms with E-state index in [1.165, 1.54) is 33.2 Å². The summed E-state index contributed by atoms with van der Waals surface area (Å²) in [5, 5.41) is 0. The smallest absolute Gasteiger partial charge is 0.0868 e. The molecule has 2 bridgehead atoms. The highest BCUT2D eigenvalue weighted by molar-refractivity contribution is 9.10. The standard InChI is InChI=1S/C18H19BrO.C2H6/c1-3-13-14(4-2)18-16-9-11-7-12(19)6-5-10(11)8-15(16)17(13)20-18;1-2/h3-7,15-18H,8-9H2,1-2H3;1-2H3/b13-3+,14-4+;. The van der Waals surface area contributed by atoms with Crippen LogP contribution < -0.4 is 0 Å². The molecule has 1 aliphatic carbocycles. The van der Waals surface area contributed by atoms with E-state index in [1.807, 2.05) is 13.8 Å². The molecule has 0 aromatic heterocycles. The molecule has 2 aliphatic heterocycles. The lowest BCUT2D eigenvalue weighted by Gasteiger charge is -2.36. The summed E-state index contributed by atoms with van der Waals surface area (Å²) in [5.74, 6) is 1.33. The number of allylic oxidation sites excluding steroid dienone is 2. The van der Waals surface area contributed by atoms with E-state index in [1.54, 1.807) is 0 Å². The van der Waals surface area contributed by atoms with Crippen LogP contribution in [-0.4, -0.2) is 12.2 Å². The molecule has 4 rings (SSSR count). The second-order valence-electron chi connectivity index (χ2n) is 6.11. The van der Waals surface area contributed by atoms with Crippen molar-refractivity contribution >= 4 is 15.9 Å². The van der Waals surface area contributed by atoms with Crippen LogP contribution in [0.5, 0.6) is 0 Å². The fourth-order valence-corrected chi connectivity index (χ4v) is 4.82. The summed E-state index contributed by atoms with van der Waals surface area (Å²) in [4.78, 5) is 0. The zero-order chi connectivity index (χ0) is 15.9. The van der Waals surface area contributed by atoms with Gasteiger partial charge in [-0.3, -0.25) is 0 Å². The average Bonchev–Trinajstić information content (AvgIpc) is 3.09. The highest BCUT2D eigenvalue weighted by atomic mass is 79.9. The molecule has 0 spiro atoms. The van der Waals surface area contributed by atoms with Crippen LogP contribution in [0.1, 0.15) is 38.8 Å². The molecule has 0 amide bonds. The van der Waals surface area contributed by atoms with Crippen molar-refractivity contribution in [2.24, 2.45) is 11.8 Å². The van der Waals surface area contributed by atoms with E-state index in [0.717, 1.165) is 6.42 Å². The Kier molecular flexibility index (Phi) is 4.61. The van der Waals surface area contributed by atoms with Crippen LogP contribution in [0.3, 0.4) is 0 Å². The Morgan fingerprint density at radius 2 is 1.50 bits per heavy atom. The van der Waals surface area contributed by atoms with Gasteiger partial charge in [0.2, 0.25) is 0 Å². The maximum absolute atomic E-state index is 6.34. The first-order valence-electron chi connectivity index (χ1n) is 8.48. The van der Waals surface area contributed by atoms with E-state index >= 15 is 0 Å². The van der Waals surface area contributed by atoms with Gasteiger partial charge in [0.1, 0.15) is 0 Å². The second-order valence-corrected chi connectivity index (χ2v) is 7.03. The van der Waals surface area contributed by atoms with Gasteiger partial charge in [-0.05, 0) is 72.9 Å². The second kappa shape index (κ2) is 6.33. The Bertz CT molecular complexity index is 629. The maximum atomic E-state index is 6.34. The Balaban J connectivity index is 0.000000693. The minimum Gasteiger partial charge on any atom is -0.365 e. The SMILES string of the molecule is C/C=C1\C(=C/C)C2OC1C1Cc3ccc(Br)cc3CC21.CC. The zero-order valence-electron chi connectivity index (χ0n) is 13.9. The average molecular weight is 361 g/mol. The number of fused-ring (bicyclic) bond motifs is 6. The van der Waals surface area contributed by atoms with Crippen molar-refractivity contribution in [1.29, 1.82) is 0 Å². The van der Waals surface area contributed by atoms with Crippen LogP contribution in [0.25, 0.3) is 0 Å². The van der Waals surface area contributed by atoms with Gasteiger partial charge in [-0.15, -0.1) is 0 Å². The molecule has 2 heteroatoms. The van der Waals surface area contributed by atoms with E-state index in [0.29, 0.717) is 24.0 Å². The molecule has 2 fully saturated rings. The summed E-state index contributed by atoms with van der Waals surface area (Å²) in [5.41, 5.74) is 5.91. The molecule has 2 saturated heterocycles. The largest absolute Gasteiger partial charge is 0.365 e. The summed E-state index contributed by atoms with van der Waals surface area (Å²) in [7, 11) is 0. The number of hydrogen-bond donors (Lipinski definition) is 0. The van der Waals surface area contributed by atoms with Gasteiger partial charge in [0, 0.05) is 4.47 Å². The third kappa shape index (κ3) is 2.32. The van der Waals surface area contributed by atoms with Crippen molar-refractivity contribution in [2.45, 2.75) is 52.7 Å². The Labute approximate surface area is 142 Å². The van der Waals surface area contributed by atoms with E-state index in [2.05, 4.69) is 60.1 Å². The monoisotopic (exact) mass is 360 g/mol. The first-order valence-corrected chi connectivity index (χ1v) is 9.27. The predicted molar refractivity (Wildman–Crippen MR) is 96.1 cm³/mol. The molecule has 0 N–H and O–H groups in total. The third-order valence-corrected chi connectivity index (χ3v) is 5.76. The lowest BCUT2D eigenvalue weighted by Crippen LogP contribution is -2.36. The molecule has 1 aromatic carbocycles. The van der Waals surface area contributed by atoms with Gasteiger partial charge < -0.3 is 4.74 Å². The quantitative estimate of drug-likeness (QED) is 0.595. The molecule has 0 saturated carbocycles. The summed E-state index contributed by atoms with van der Waals surface area (Å²) in [6.45, 7) is 8.29. The summed E-state index contributed by atoms with van der Waals surface area (Å²) in [6.07, 6.45) is 7.50. The normalized spacial score (nSPS) is 35.1. The van der Waals surface area contributed by atoms with Gasteiger partial charge in [0.05, 0.1) is 12.2 Å². The minimum atomic E-state index is 0.327. The van der Waals surface area contributed by atoms with Crippen molar-refractivity contribution in [3.8, 4) is 0 Å². The van der Waals surface area contributed by atoms with Crippen molar-refractivity contribution in [1.82, 2.24) is 0 Å². The van der Waals surface area contributed by atoms with Crippen LogP contribution in [-0.2, 0) is 17.6 Å². The highest BCUT2D eigenvalue weighted by Gasteiger charge is 2.54. The lowest BCUT2D eigenvalue weighted by molar-refractivity contribution is 0.106. The van der Waals surface area contributed by atoms with Crippen LogP contribution in [0.15, 0.2) is 46.0 Å². The van der Waals surface area contributed by atoms with Gasteiger partial charge in [0.15, 0.2) is 0 Å². The molecule has 22 heavy (non-hydrogen) atoms. The molecular formula is C20H25BrO.